The molecule has 2 N–H and O–H groups in total. The quantitative estimate of drug-likeness (QED) is 0.431. The van der Waals surface area contributed by atoms with E-state index in [1.165, 1.54) is 12.8 Å². The van der Waals surface area contributed by atoms with E-state index in [0.29, 0.717) is 23.4 Å². The molecule has 4 rings (SSSR count). The average molecular weight is 518 g/mol. The average Bonchev–Trinajstić information content (AvgIpc) is 3.40. The van der Waals surface area contributed by atoms with Gasteiger partial charge in [0.25, 0.3) is 0 Å². The van der Waals surface area contributed by atoms with Crippen LogP contribution in [0.25, 0.3) is 11.3 Å². The maximum absolute atomic E-state index is 12.6. The van der Waals surface area contributed by atoms with Crippen LogP contribution in [-0.4, -0.2) is 34.9 Å². The number of carbonyl (C=O) groups excluding carboxylic acids is 1. The molecule has 0 radical (unpaired) electrons. The third-order valence-corrected chi connectivity index (χ3v) is 6.41. The highest BCUT2D eigenvalue weighted by molar-refractivity contribution is 9.10. The van der Waals surface area contributed by atoms with Gasteiger partial charge in [0, 0.05) is 29.4 Å². The van der Waals surface area contributed by atoms with Crippen LogP contribution in [0.5, 0.6) is 5.75 Å². The Labute approximate surface area is 201 Å². The topological polar surface area (TPSA) is 68.2 Å². The van der Waals surface area contributed by atoms with Crippen molar-refractivity contribution in [1.82, 2.24) is 15.1 Å². The van der Waals surface area contributed by atoms with Crippen molar-refractivity contribution < 1.29 is 9.53 Å². The summed E-state index contributed by atoms with van der Waals surface area (Å²) in [6, 6.07) is 13.5. The molecule has 1 amide bonds. The third-order valence-electron chi connectivity index (χ3n) is 5.58. The van der Waals surface area contributed by atoms with Gasteiger partial charge in [0.1, 0.15) is 5.75 Å². The predicted molar refractivity (Wildman–Crippen MR) is 131 cm³/mol. The van der Waals surface area contributed by atoms with E-state index in [1.54, 1.807) is 23.0 Å². The molecule has 0 aliphatic carbocycles. The molecule has 168 valence electrons. The van der Waals surface area contributed by atoms with E-state index < -0.39 is 0 Å². The number of aryl methyl sites for hydroxylation is 1. The zero-order valence-corrected chi connectivity index (χ0v) is 20.2. The van der Waals surface area contributed by atoms with Gasteiger partial charge in [0.2, 0.25) is 5.91 Å². The minimum absolute atomic E-state index is 0.0941. The van der Waals surface area contributed by atoms with Gasteiger partial charge in [-0.2, -0.15) is 5.10 Å². The van der Waals surface area contributed by atoms with Gasteiger partial charge in [-0.05, 0) is 77.6 Å². The van der Waals surface area contributed by atoms with Crippen molar-refractivity contribution in [2.75, 3.05) is 18.5 Å². The Morgan fingerprint density at radius 3 is 2.81 bits per heavy atom. The van der Waals surface area contributed by atoms with Crippen LogP contribution >= 0.6 is 27.5 Å². The van der Waals surface area contributed by atoms with Crippen molar-refractivity contribution in [3.63, 3.8) is 0 Å². The highest BCUT2D eigenvalue weighted by atomic mass is 79.9. The van der Waals surface area contributed by atoms with Gasteiger partial charge in [-0.25, -0.2) is 0 Å². The molecule has 0 spiro atoms. The number of ether oxygens (including phenoxy) is 1. The first kappa shape index (κ1) is 22.8. The molecule has 8 heteroatoms. The highest BCUT2D eigenvalue weighted by Gasteiger charge is 2.18. The number of nitrogens with zero attached hydrogens (tertiary/aromatic N) is 2. The Kier molecular flexibility index (Phi) is 7.50. The lowest BCUT2D eigenvalue weighted by atomic mass is 10.1. The summed E-state index contributed by atoms with van der Waals surface area (Å²) in [6.45, 7) is 1.71. The second-order valence-electron chi connectivity index (χ2n) is 7.96. The molecular weight excluding hydrogens is 492 g/mol. The molecule has 1 aliphatic heterocycles. The molecule has 3 aromatic rings. The van der Waals surface area contributed by atoms with E-state index in [9.17, 15) is 4.79 Å². The molecule has 1 saturated heterocycles. The first-order chi connectivity index (χ1) is 15.5. The van der Waals surface area contributed by atoms with Gasteiger partial charge in [0.15, 0.2) is 0 Å². The third kappa shape index (κ3) is 5.71. The van der Waals surface area contributed by atoms with Crippen LogP contribution in [0, 0.1) is 0 Å². The Hall–Kier alpha value is -2.35. The van der Waals surface area contributed by atoms with Crippen molar-refractivity contribution >= 4 is 39.1 Å². The Morgan fingerprint density at radius 2 is 2.12 bits per heavy atom. The van der Waals surface area contributed by atoms with Crippen molar-refractivity contribution in [3.8, 4) is 17.0 Å². The number of nitrogens with one attached hydrogen (secondary N) is 2. The summed E-state index contributed by atoms with van der Waals surface area (Å²) in [5.74, 6) is 0.673. The number of amides is 1. The number of aromatic nitrogens is 2. The fourth-order valence-corrected chi connectivity index (χ4v) is 4.63. The smallest absolute Gasteiger partial charge is 0.228 e. The summed E-state index contributed by atoms with van der Waals surface area (Å²) >= 11 is 9.52. The number of anilines is 1. The number of benzene rings is 2. The number of halogens is 2. The molecule has 2 aromatic carbocycles. The lowest BCUT2D eigenvalue weighted by molar-refractivity contribution is -0.115. The molecule has 1 fully saturated rings. The summed E-state index contributed by atoms with van der Waals surface area (Å²) in [5, 5.41) is 11.5. The molecule has 1 unspecified atom stereocenters. The van der Waals surface area contributed by atoms with E-state index >= 15 is 0 Å². The fraction of sp³-hybridized carbons (Fsp3) is 0.333. The van der Waals surface area contributed by atoms with Gasteiger partial charge < -0.3 is 15.4 Å². The van der Waals surface area contributed by atoms with Crippen LogP contribution in [0.15, 0.2) is 53.1 Å². The van der Waals surface area contributed by atoms with Gasteiger partial charge in [-0.1, -0.05) is 23.7 Å². The first-order valence-electron chi connectivity index (χ1n) is 10.7. The molecule has 2 heterocycles. The number of carbonyl (C=O) groups is 1. The maximum atomic E-state index is 12.6. The van der Waals surface area contributed by atoms with Crippen LogP contribution < -0.4 is 15.4 Å². The van der Waals surface area contributed by atoms with Crippen LogP contribution in [-0.2, 0) is 18.3 Å². The predicted octanol–water partition coefficient (Wildman–Crippen LogP) is 5.21. The molecule has 1 atom stereocenters. The zero-order valence-electron chi connectivity index (χ0n) is 17.9. The highest BCUT2D eigenvalue weighted by Crippen LogP contribution is 2.37. The molecule has 32 heavy (non-hydrogen) atoms. The van der Waals surface area contributed by atoms with Crippen molar-refractivity contribution in [2.45, 2.75) is 31.7 Å². The zero-order chi connectivity index (χ0) is 22.5. The standard InChI is InChI=1S/C24H26BrClN4O2/c1-30-24(21(25)15-28-30)20-14-19(29-23(31)13-16-4-6-17(26)7-5-16)8-9-22(20)32-12-10-18-3-2-11-27-18/h4-9,14-15,18,27H,2-3,10-13H2,1H3,(H,29,31). The van der Waals surface area contributed by atoms with E-state index in [0.717, 1.165) is 40.0 Å². The van der Waals surface area contributed by atoms with Crippen LogP contribution in [0.2, 0.25) is 5.02 Å². The summed E-state index contributed by atoms with van der Waals surface area (Å²) < 4.78 is 8.84. The largest absolute Gasteiger partial charge is 0.493 e. The molecule has 6 nitrogen and oxygen atoms in total. The van der Waals surface area contributed by atoms with E-state index in [-0.39, 0.29) is 12.3 Å². The minimum Gasteiger partial charge on any atom is -0.493 e. The summed E-state index contributed by atoms with van der Waals surface area (Å²) in [4.78, 5) is 12.6. The van der Waals surface area contributed by atoms with Crippen LogP contribution in [0.3, 0.4) is 0 Å². The normalized spacial score (nSPS) is 15.7. The maximum Gasteiger partial charge on any atom is 0.228 e. The Bertz CT molecular complexity index is 1060. The van der Waals surface area contributed by atoms with Crippen LogP contribution in [0.4, 0.5) is 5.69 Å². The number of hydrogen-bond acceptors (Lipinski definition) is 4. The number of rotatable bonds is 8. The second kappa shape index (κ2) is 10.5. The van der Waals surface area contributed by atoms with Gasteiger partial charge >= 0.3 is 0 Å². The van der Waals surface area contributed by atoms with Gasteiger partial charge in [-0.3, -0.25) is 9.48 Å². The molecular formula is C24H26BrClN4O2. The van der Waals surface area contributed by atoms with Gasteiger partial charge in [-0.15, -0.1) is 0 Å². The Morgan fingerprint density at radius 1 is 1.31 bits per heavy atom. The van der Waals surface area contributed by atoms with E-state index in [4.69, 9.17) is 16.3 Å². The lowest BCUT2D eigenvalue weighted by Gasteiger charge is -2.16. The van der Waals surface area contributed by atoms with Crippen molar-refractivity contribution in [3.05, 3.63) is 63.7 Å². The van der Waals surface area contributed by atoms with E-state index in [1.807, 2.05) is 37.4 Å². The fourth-order valence-electron chi connectivity index (χ4n) is 3.94. The number of hydrogen-bond donors (Lipinski definition) is 2. The summed E-state index contributed by atoms with van der Waals surface area (Å²) in [7, 11) is 1.89. The molecule has 0 saturated carbocycles. The SMILES string of the molecule is Cn1ncc(Br)c1-c1cc(NC(=O)Cc2ccc(Cl)cc2)ccc1OCCC1CCCN1. The summed E-state index contributed by atoms with van der Waals surface area (Å²) in [6.07, 6.45) is 5.41. The van der Waals surface area contributed by atoms with Crippen LogP contribution in [0.1, 0.15) is 24.8 Å². The van der Waals surface area contributed by atoms with Crippen molar-refractivity contribution in [1.29, 1.82) is 0 Å². The molecule has 1 aliphatic rings. The van der Waals surface area contributed by atoms with E-state index in [2.05, 4.69) is 31.7 Å². The minimum atomic E-state index is -0.0941. The molecule has 1 aromatic heterocycles. The van der Waals surface area contributed by atoms with Gasteiger partial charge in [0.05, 0.1) is 29.4 Å². The Balaban J connectivity index is 1.51. The van der Waals surface area contributed by atoms with Crippen molar-refractivity contribution in [2.24, 2.45) is 7.05 Å². The monoisotopic (exact) mass is 516 g/mol. The lowest BCUT2D eigenvalue weighted by Crippen LogP contribution is -2.23. The molecule has 0 bridgehead atoms. The second-order valence-corrected chi connectivity index (χ2v) is 9.25. The summed E-state index contributed by atoms with van der Waals surface area (Å²) in [5.41, 5.74) is 3.38. The first-order valence-corrected chi connectivity index (χ1v) is 11.9.